The van der Waals surface area contributed by atoms with Crippen LogP contribution in [0.3, 0.4) is 0 Å². The minimum Gasteiger partial charge on any atom is -0.465 e. The van der Waals surface area contributed by atoms with Crippen molar-refractivity contribution in [2.24, 2.45) is 11.8 Å². The predicted octanol–water partition coefficient (Wildman–Crippen LogP) is 5.29. The third-order valence-electron chi connectivity index (χ3n) is 4.49. The van der Waals surface area contributed by atoms with Gasteiger partial charge in [0.1, 0.15) is 0 Å². The van der Waals surface area contributed by atoms with Crippen LogP contribution in [0.1, 0.15) is 91.9 Å². The molecule has 0 rings (SSSR count). The molecule has 2 atom stereocenters. The zero-order valence-electron chi connectivity index (χ0n) is 16.3. The molecule has 0 amide bonds. The largest absolute Gasteiger partial charge is 0.465 e. The number of hydrogen-bond donors (Lipinski definition) is 0. The summed E-state index contributed by atoms with van der Waals surface area (Å²) < 4.78 is 10.7. The van der Waals surface area contributed by atoms with E-state index in [1.807, 2.05) is 6.92 Å². The number of unbranched alkanes of at least 4 members (excludes halogenated alkanes) is 2. The summed E-state index contributed by atoms with van der Waals surface area (Å²) in [6.07, 6.45) is 9.02. The SMILES string of the molecule is CCCC(CC)COC(=O)CCCCCOC(=O)C(CC)CCC. The third kappa shape index (κ3) is 11.5. The number of esters is 2. The summed E-state index contributed by atoms with van der Waals surface area (Å²) in [5.41, 5.74) is 0. The van der Waals surface area contributed by atoms with Crippen molar-refractivity contribution >= 4 is 11.9 Å². The van der Waals surface area contributed by atoms with Gasteiger partial charge in [-0.1, -0.05) is 47.0 Å². The van der Waals surface area contributed by atoms with Crippen LogP contribution in [0.15, 0.2) is 0 Å². The van der Waals surface area contributed by atoms with Crippen LogP contribution in [-0.4, -0.2) is 25.2 Å². The lowest BCUT2D eigenvalue weighted by molar-refractivity contribution is -0.149. The Morgan fingerprint density at radius 1 is 0.833 bits per heavy atom. The van der Waals surface area contributed by atoms with Crippen molar-refractivity contribution in [1.29, 1.82) is 0 Å². The summed E-state index contributed by atoms with van der Waals surface area (Å²) in [7, 11) is 0. The molecular weight excluding hydrogens is 304 g/mol. The van der Waals surface area contributed by atoms with Gasteiger partial charge in [-0.25, -0.2) is 0 Å². The molecule has 0 heterocycles. The molecule has 2 unspecified atom stereocenters. The van der Waals surface area contributed by atoms with Crippen molar-refractivity contribution in [3.05, 3.63) is 0 Å². The van der Waals surface area contributed by atoms with Crippen molar-refractivity contribution in [3.63, 3.8) is 0 Å². The van der Waals surface area contributed by atoms with Crippen molar-refractivity contribution < 1.29 is 19.1 Å². The molecule has 142 valence electrons. The van der Waals surface area contributed by atoms with E-state index in [1.54, 1.807) is 0 Å². The summed E-state index contributed by atoms with van der Waals surface area (Å²) in [5, 5.41) is 0. The predicted molar refractivity (Wildman–Crippen MR) is 97.8 cm³/mol. The molecule has 4 heteroatoms. The molecular formula is C20H38O4. The van der Waals surface area contributed by atoms with E-state index in [4.69, 9.17) is 9.47 Å². The quantitative estimate of drug-likeness (QED) is 0.300. The average molecular weight is 343 g/mol. The molecule has 0 bridgehead atoms. The first kappa shape index (κ1) is 22.9. The van der Waals surface area contributed by atoms with Gasteiger partial charge in [0.2, 0.25) is 0 Å². The molecule has 0 aliphatic heterocycles. The summed E-state index contributed by atoms with van der Waals surface area (Å²) in [4.78, 5) is 23.5. The average Bonchev–Trinajstić information content (AvgIpc) is 2.59. The highest BCUT2D eigenvalue weighted by Crippen LogP contribution is 2.14. The normalized spacial score (nSPS) is 13.3. The Kier molecular flexibility index (Phi) is 14.8. The van der Waals surface area contributed by atoms with Crippen molar-refractivity contribution in [2.75, 3.05) is 13.2 Å². The van der Waals surface area contributed by atoms with Crippen LogP contribution in [0.5, 0.6) is 0 Å². The van der Waals surface area contributed by atoms with E-state index >= 15 is 0 Å². The van der Waals surface area contributed by atoms with Gasteiger partial charge < -0.3 is 9.47 Å². The zero-order valence-corrected chi connectivity index (χ0v) is 16.3. The Balaban J connectivity index is 3.65. The molecule has 0 fully saturated rings. The van der Waals surface area contributed by atoms with E-state index in [0.717, 1.165) is 57.8 Å². The maximum absolute atomic E-state index is 11.8. The standard InChI is InChI=1S/C20H38O4/c1-5-12-17(7-3)16-24-19(21)14-10-9-11-15-23-20(22)18(8-4)13-6-2/h17-18H,5-16H2,1-4H3. The minimum atomic E-state index is -0.101. The van der Waals surface area contributed by atoms with Gasteiger partial charge in [0.25, 0.3) is 0 Å². The summed E-state index contributed by atoms with van der Waals surface area (Å²) in [6, 6.07) is 0. The Morgan fingerprint density at radius 3 is 2.12 bits per heavy atom. The van der Waals surface area contributed by atoms with Gasteiger partial charge in [0, 0.05) is 6.42 Å². The molecule has 0 spiro atoms. The summed E-state index contributed by atoms with van der Waals surface area (Å²) in [5.74, 6) is 0.364. The topological polar surface area (TPSA) is 52.6 Å². The molecule has 0 aliphatic rings. The highest BCUT2D eigenvalue weighted by molar-refractivity contribution is 5.72. The number of ether oxygens (including phenoxy) is 2. The fraction of sp³-hybridized carbons (Fsp3) is 0.900. The molecule has 0 N–H and O–H groups in total. The lowest BCUT2D eigenvalue weighted by atomic mass is 10.0. The molecule has 0 aromatic carbocycles. The van der Waals surface area contributed by atoms with Gasteiger partial charge in [0.15, 0.2) is 0 Å². The second kappa shape index (κ2) is 15.5. The fourth-order valence-electron chi connectivity index (χ4n) is 2.77. The van der Waals surface area contributed by atoms with Crippen LogP contribution in [0.25, 0.3) is 0 Å². The van der Waals surface area contributed by atoms with Crippen LogP contribution >= 0.6 is 0 Å². The van der Waals surface area contributed by atoms with Gasteiger partial charge in [-0.05, 0) is 44.4 Å². The number of hydrogen-bond acceptors (Lipinski definition) is 4. The van der Waals surface area contributed by atoms with E-state index in [2.05, 4.69) is 20.8 Å². The first-order valence-corrected chi connectivity index (χ1v) is 9.91. The second-order valence-electron chi connectivity index (χ2n) is 6.62. The molecule has 0 radical (unpaired) electrons. The first-order valence-electron chi connectivity index (χ1n) is 9.91. The number of rotatable bonds is 15. The maximum Gasteiger partial charge on any atom is 0.308 e. The Bertz CT molecular complexity index is 328. The number of carbonyl (C=O) groups is 2. The van der Waals surface area contributed by atoms with Crippen LogP contribution in [0, 0.1) is 11.8 Å². The van der Waals surface area contributed by atoms with Crippen LogP contribution in [-0.2, 0) is 19.1 Å². The minimum absolute atomic E-state index is 0.0413. The molecule has 0 aromatic heterocycles. The van der Waals surface area contributed by atoms with E-state index in [0.29, 0.717) is 25.6 Å². The monoisotopic (exact) mass is 342 g/mol. The lowest BCUT2D eigenvalue weighted by Crippen LogP contribution is -2.17. The summed E-state index contributed by atoms with van der Waals surface area (Å²) >= 11 is 0. The Labute approximate surface area is 148 Å². The lowest BCUT2D eigenvalue weighted by Gasteiger charge is -2.14. The molecule has 24 heavy (non-hydrogen) atoms. The highest BCUT2D eigenvalue weighted by atomic mass is 16.5. The Morgan fingerprint density at radius 2 is 1.54 bits per heavy atom. The summed E-state index contributed by atoms with van der Waals surface area (Å²) in [6.45, 7) is 9.41. The van der Waals surface area contributed by atoms with E-state index in [1.165, 1.54) is 0 Å². The smallest absolute Gasteiger partial charge is 0.308 e. The Hall–Kier alpha value is -1.06. The molecule has 0 saturated carbocycles. The third-order valence-corrected chi connectivity index (χ3v) is 4.49. The molecule has 0 aliphatic carbocycles. The van der Waals surface area contributed by atoms with E-state index in [9.17, 15) is 9.59 Å². The molecule has 0 aromatic rings. The van der Waals surface area contributed by atoms with Crippen molar-refractivity contribution in [2.45, 2.75) is 91.9 Å². The van der Waals surface area contributed by atoms with Crippen molar-refractivity contribution in [3.8, 4) is 0 Å². The molecule has 4 nitrogen and oxygen atoms in total. The van der Waals surface area contributed by atoms with Gasteiger partial charge >= 0.3 is 11.9 Å². The van der Waals surface area contributed by atoms with E-state index in [-0.39, 0.29) is 17.9 Å². The molecule has 0 saturated heterocycles. The first-order chi connectivity index (χ1) is 11.6. The second-order valence-corrected chi connectivity index (χ2v) is 6.62. The van der Waals surface area contributed by atoms with Gasteiger partial charge in [-0.15, -0.1) is 0 Å². The van der Waals surface area contributed by atoms with Gasteiger partial charge in [-0.3, -0.25) is 9.59 Å². The van der Waals surface area contributed by atoms with E-state index < -0.39 is 0 Å². The van der Waals surface area contributed by atoms with Gasteiger partial charge in [-0.2, -0.15) is 0 Å². The highest BCUT2D eigenvalue weighted by Gasteiger charge is 2.16. The number of carbonyl (C=O) groups excluding carboxylic acids is 2. The zero-order chi connectivity index (χ0) is 18.2. The van der Waals surface area contributed by atoms with Crippen molar-refractivity contribution in [1.82, 2.24) is 0 Å². The fourth-order valence-corrected chi connectivity index (χ4v) is 2.77. The van der Waals surface area contributed by atoms with Crippen LogP contribution in [0.2, 0.25) is 0 Å². The van der Waals surface area contributed by atoms with Crippen LogP contribution in [0.4, 0.5) is 0 Å². The van der Waals surface area contributed by atoms with Crippen LogP contribution < -0.4 is 0 Å². The van der Waals surface area contributed by atoms with Gasteiger partial charge in [0.05, 0.1) is 19.1 Å². The maximum atomic E-state index is 11.8.